The fraction of sp³-hybridized carbons (Fsp3) is 0.286. The van der Waals surface area contributed by atoms with Gasteiger partial charge in [0.05, 0.1) is 6.42 Å². The molecule has 7 nitrogen and oxygen atoms in total. The van der Waals surface area contributed by atoms with Gasteiger partial charge in [-0.2, -0.15) is 0 Å². The van der Waals surface area contributed by atoms with Crippen molar-refractivity contribution in [1.29, 1.82) is 0 Å². The number of thioether (sulfide) groups is 1. The SMILES string of the molecule is CC(C)(C)OC(=O)C[C@H](NC(=O)OCC1c2ccccc2-c2ccccc21)C(=O)Sc1ccccn1. The number of carbonyl (C=O) groups excluding carboxylic acids is 3. The van der Waals surface area contributed by atoms with Crippen LogP contribution in [0.2, 0.25) is 0 Å². The fourth-order valence-electron chi connectivity index (χ4n) is 4.11. The molecule has 186 valence electrons. The molecule has 1 atom stereocenters. The Bertz CT molecular complexity index is 1210. The molecule has 1 N–H and O–H groups in total. The number of aromatic nitrogens is 1. The number of rotatable bonds is 7. The van der Waals surface area contributed by atoms with Gasteiger partial charge in [0.1, 0.15) is 23.3 Å². The number of benzene rings is 2. The summed E-state index contributed by atoms with van der Waals surface area (Å²) in [6, 6.07) is 20.1. The molecule has 0 saturated heterocycles. The molecule has 0 fully saturated rings. The van der Waals surface area contributed by atoms with Gasteiger partial charge in [-0.05, 0) is 66.9 Å². The summed E-state index contributed by atoms with van der Waals surface area (Å²) in [4.78, 5) is 42.4. The van der Waals surface area contributed by atoms with Crippen LogP contribution in [0.1, 0.15) is 44.2 Å². The lowest BCUT2D eigenvalue weighted by Gasteiger charge is -2.22. The molecule has 0 spiro atoms. The summed E-state index contributed by atoms with van der Waals surface area (Å²) in [5.41, 5.74) is 3.68. The highest BCUT2D eigenvalue weighted by Crippen LogP contribution is 2.44. The normalized spacial score (nSPS) is 13.3. The van der Waals surface area contributed by atoms with Crippen LogP contribution in [-0.2, 0) is 19.1 Å². The van der Waals surface area contributed by atoms with E-state index in [0.29, 0.717) is 5.03 Å². The molecule has 0 unspecified atom stereocenters. The molecule has 1 heterocycles. The molecular weight excluding hydrogens is 476 g/mol. The third-order valence-electron chi connectivity index (χ3n) is 5.55. The summed E-state index contributed by atoms with van der Waals surface area (Å²) in [5.74, 6) is -0.715. The Morgan fingerprint density at radius 3 is 2.14 bits per heavy atom. The number of hydrogen-bond donors (Lipinski definition) is 1. The van der Waals surface area contributed by atoms with Crippen molar-refractivity contribution in [3.8, 4) is 11.1 Å². The zero-order chi connectivity index (χ0) is 25.7. The Hall–Kier alpha value is -3.65. The molecule has 2 aromatic carbocycles. The van der Waals surface area contributed by atoms with E-state index in [4.69, 9.17) is 9.47 Å². The fourth-order valence-corrected chi connectivity index (χ4v) is 4.86. The van der Waals surface area contributed by atoms with Crippen LogP contribution in [0.25, 0.3) is 11.1 Å². The predicted molar refractivity (Wildman–Crippen MR) is 138 cm³/mol. The smallest absolute Gasteiger partial charge is 0.407 e. The molecule has 1 aliphatic rings. The number of hydrogen-bond acceptors (Lipinski definition) is 7. The zero-order valence-electron chi connectivity index (χ0n) is 20.4. The van der Waals surface area contributed by atoms with E-state index >= 15 is 0 Å². The zero-order valence-corrected chi connectivity index (χ0v) is 21.2. The molecule has 1 aliphatic carbocycles. The molecule has 0 aliphatic heterocycles. The van der Waals surface area contributed by atoms with Gasteiger partial charge >= 0.3 is 12.1 Å². The van der Waals surface area contributed by atoms with Crippen LogP contribution >= 0.6 is 11.8 Å². The second-order valence-corrected chi connectivity index (χ2v) is 10.4. The average Bonchev–Trinajstić information content (AvgIpc) is 3.15. The molecule has 1 aromatic heterocycles. The molecule has 0 radical (unpaired) electrons. The van der Waals surface area contributed by atoms with Crippen molar-refractivity contribution < 1.29 is 23.9 Å². The van der Waals surface area contributed by atoms with Gasteiger partial charge in [0.15, 0.2) is 0 Å². The molecule has 4 rings (SSSR count). The van der Waals surface area contributed by atoms with Gasteiger partial charge in [-0.25, -0.2) is 9.78 Å². The van der Waals surface area contributed by atoms with E-state index in [9.17, 15) is 14.4 Å². The summed E-state index contributed by atoms with van der Waals surface area (Å²) < 4.78 is 10.9. The number of alkyl carbamates (subject to hydrolysis) is 1. The average molecular weight is 505 g/mol. The lowest BCUT2D eigenvalue weighted by Crippen LogP contribution is -2.42. The Labute approximate surface area is 214 Å². The maximum absolute atomic E-state index is 13.0. The minimum Gasteiger partial charge on any atom is -0.460 e. The van der Waals surface area contributed by atoms with Crippen molar-refractivity contribution >= 4 is 28.9 Å². The molecule has 1 amide bonds. The molecular formula is C28H28N2O5S. The third-order valence-corrected chi connectivity index (χ3v) is 6.49. The molecule has 0 saturated carbocycles. The summed E-state index contributed by atoms with van der Waals surface area (Å²) in [6.45, 7) is 5.32. The number of nitrogens with zero attached hydrogens (tertiary/aromatic N) is 1. The number of pyridine rings is 1. The highest BCUT2D eigenvalue weighted by Gasteiger charge is 2.31. The highest BCUT2D eigenvalue weighted by atomic mass is 32.2. The van der Waals surface area contributed by atoms with Crippen molar-refractivity contribution in [2.45, 2.75) is 49.8 Å². The lowest BCUT2D eigenvalue weighted by atomic mass is 9.98. The highest BCUT2D eigenvalue weighted by molar-refractivity contribution is 8.13. The number of esters is 1. The first kappa shape index (κ1) is 25.4. The molecule has 36 heavy (non-hydrogen) atoms. The lowest BCUT2D eigenvalue weighted by molar-refractivity contribution is -0.155. The van der Waals surface area contributed by atoms with Crippen LogP contribution in [-0.4, -0.2) is 40.4 Å². The number of fused-ring (bicyclic) bond motifs is 3. The second-order valence-electron chi connectivity index (χ2n) is 9.40. The van der Waals surface area contributed by atoms with Crippen LogP contribution in [0.4, 0.5) is 4.79 Å². The first-order chi connectivity index (χ1) is 17.2. The van der Waals surface area contributed by atoms with Gasteiger partial charge < -0.3 is 14.8 Å². The summed E-state index contributed by atoms with van der Waals surface area (Å²) >= 11 is 0.850. The number of amides is 1. The van der Waals surface area contributed by atoms with E-state index < -0.39 is 28.8 Å². The van der Waals surface area contributed by atoms with Crippen LogP contribution in [0.15, 0.2) is 78.0 Å². The maximum atomic E-state index is 13.0. The summed E-state index contributed by atoms with van der Waals surface area (Å²) in [6.07, 6.45) is 0.470. The number of carbonyl (C=O) groups is 3. The van der Waals surface area contributed by atoms with E-state index in [0.717, 1.165) is 34.0 Å². The number of ether oxygens (including phenoxy) is 2. The first-order valence-corrected chi connectivity index (χ1v) is 12.5. The summed E-state index contributed by atoms with van der Waals surface area (Å²) in [7, 11) is 0. The maximum Gasteiger partial charge on any atom is 0.407 e. The van der Waals surface area contributed by atoms with E-state index in [-0.39, 0.29) is 18.9 Å². The van der Waals surface area contributed by atoms with Gasteiger partial charge in [-0.3, -0.25) is 9.59 Å². The molecule has 0 bridgehead atoms. The minimum atomic E-state index is -1.14. The van der Waals surface area contributed by atoms with E-state index in [1.807, 2.05) is 36.4 Å². The monoisotopic (exact) mass is 504 g/mol. The van der Waals surface area contributed by atoms with Gasteiger partial charge in [-0.15, -0.1) is 0 Å². The third kappa shape index (κ3) is 6.31. The van der Waals surface area contributed by atoms with E-state index in [1.54, 1.807) is 45.2 Å². The van der Waals surface area contributed by atoms with Crippen LogP contribution in [0.3, 0.4) is 0 Å². The molecule has 3 aromatic rings. The van der Waals surface area contributed by atoms with Crippen molar-refractivity contribution in [3.63, 3.8) is 0 Å². The topological polar surface area (TPSA) is 94.6 Å². The largest absolute Gasteiger partial charge is 0.460 e. The molecule has 8 heteroatoms. The Balaban J connectivity index is 1.44. The Morgan fingerprint density at radius 1 is 0.944 bits per heavy atom. The van der Waals surface area contributed by atoms with Gasteiger partial charge in [0, 0.05) is 12.1 Å². The van der Waals surface area contributed by atoms with Crippen LogP contribution in [0, 0.1) is 0 Å². The van der Waals surface area contributed by atoms with Crippen LogP contribution < -0.4 is 5.32 Å². The second kappa shape index (κ2) is 11.0. The van der Waals surface area contributed by atoms with Gasteiger partial charge in [-0.1, -0.05) is 54.6 Å². The quantitative estimate of drug-likeness (QED) is 0.343. The Morgan fingerprint density at radius 2 is 1.56 bits per heavy atom. The van der Waals surface area contributed by atoms with E-state index in [1.165, 1.54) is 0 Å². The van der Waals surface area contributed by atoms with Gasteiger partial charge in [0.2, 0.25) is 5.12 Å². The number of nitrogens with one attached hydrogen (secondary N) is 1. The van der Waals surface area contributed by atoms with Gasteiger partial charge in [0.25, 0.3) is 0 Å². The predicted octanol–water partition coefficient (Wildman–Crippen LogP) is 5.34. The van der Waals surface area contributed by atoms with Crippen molar-refractivity contribution in [2.75, 3.05) is 6.61 Å². The summed E-state index contributed by atoms with van der Waals surface area (Å²) in [5, 5.41) is 2.59. The van der Waals surface area contributed by atoms with Crippen molar-refractivity contribution in [1.82, 2.24) is 10.3 Å². The van der Waals surface area contributed by atoms with Crippen LogP contribution in [0.5, 0.6) is 0 Å². The Kier molecular flexibility index (Phi) is 7.74. The minimum absolute atomic E-state index is 0.0978. The first-order valence-electron chi connectivity index (χ1n) is 11.7. The standard InChI is InChI=1S/C28H28N2O5S/c1-28(2,3)35-25(31)16-23(26(32)36-24-14-8-9-15-29-24)30-27(33)34-17-22-20-12-6-4-10-18(20)19-11-5-7-13-21(19)22/h4-15,22-23H,16-17H2,1-3H3,(H,30,33)/t23-/m0/s1. The van der Waals surface area contributed by atoms with Crippen molar-refractivity contribution in [2.24, 2.45) is 0 Å². The van der Waals surface area contributed by atoms with Crippen molar-refractivity contribution in [3.05, 3.63) is 84.1 Å². The van der Waals surface area contributed by atoms with E-state index in [2.05, 4.69) is 22.4 Å².